The van der Waals surface area contributed by atoms with Gasteiger partial charge in [0, 0.05) is 17.0 Å². The van der Waals surface area contributed by atoms with E-state index >= 15 is 0 Å². The predicted octanol–water partition coefficient (Wildman–Crippen LogP) is 5.78. The molecule has 1 atom stereocenters. The van der Waals surface area contributed by atoms with Crippen LogP contribution in [0, 0.1) is 0 Å². The van der Waals surface area contributed by atoms with Crippen molar-refractivity contribution in [2.75, 3.05) is 21.3 Å². The number of benzene rings is 3. The van der Waals surface area contributed by atoms with Crippen LogP contribution in [0.15, 0.2) is 60.7 Å². The van der Waals surface area contributed by atoms with Gasteiger partial charge in [0.2, 0.25) is 0 Å². The number of aldehydes is 1. The van der Waals surface area contributed by atoms with Gasteiger partial charge in [-0.3, -0.25) is 4.79 Å². The van der Waals surface area contributed by atoms with E-state index in [0.717, 1.165) is 0 Å². The fourth-order valence-corrected chi connectivity index (χ4v) is 4.32. The van der Waals surface area contributed by atoms with Crippen molar-refractivity contribution in [3.8, 4) is 17.2 Å². The van der Waals surface area contributed by atoms with Gasteiger partial charge in [0.1, 0.15) is 23.5 Å². The Bertz CT molecular complexity index is 1130. The number of rotatable bonds is 9. The van der Waals surface area contributed by atoms with E-state index in [-0.39, 0.29) is 22.8 Å². The molecule has 0 aliphatic carbocycles. The van der Waals surface area contributed by atoms with Gasteiger partial charge in [-0.05, 0) is 53.6 Å². The number of Topliss-reactive ketones (excluding diaryl/α,β-unsaturated/α-hetero) is 1. The predicted molar refractivity (Wildman–Crippen MR) is 125 cm³/mol. The lowest BCUT2D eigenvalue weighted by molar-refractivity contribution is -0.108. The zero-order chi connectivity index (χ0) is 23.3. The zero-order valence-corrected chi connectivity index (χ0v) is 19.4. The normalized spacial score (nSPS) is 12.5. The number of hydrogen-bond acceptors (Lipinski definition) is 5. The Labute approximate surface area is 196 Å². The fourth-order valence-electron chi connectivity index (χ4n) is 3.74. The quantitative estimate of drug-likeness (QED) is 0.291. The topological polar surface area (TPSA) is 61.8 Å². The molecule has 0 heterocycles. The van der Waals surface area contributed by atoms with Crippen molar-refractivity contribution in [2.24, 2.45) is 0 Å². The molecule has 7 heteroatoms. The van der Waals surface area contributed by atoms with Gasteiger partial charge in [0.15, 0.2) is 5.78 Å². The highest BCUT2D eigenvalue weighted by Gasteiger charge is 2.44. The Kier molecular flexibility index (Phi) is 7.44. The van der Waals surface area contributed by atoms with Gasteiger partial charge < -0.3 is 19.0 Å². The largest absolute Gasteiger partial charge is 0.497 e. The highest BCUT2D eigenvalue weighted by Crippen LogP contribution is 2.44. The van der Waals surface area contributed by atoms with Crippen molar-refractivity contribution >= 4 is 35.3 Å². The summed E-state index contributed by atoms with van der Waals surface area (Å²) in [5.74, 6) is 1.29. The van der Waals surface area contributed by atoms with Crippen LogP contribution < -0.4 is 14.2 Å². The van der Waals surface area contributed by atoms with E-state index in [1.807, 2.05) is 0 Å². The maximum Gasteiger partial charge on any atom is 0.179 e. The second kappa shape index (κ2) is 10.1. The van der Waals surface area contributed by atoms with Crippen molar-refractivity contribution in [3.63, 3.8) is 0 Å². The third kappa shape index (κ3) is 4.31. The number of carbonyl (C=O) groups excluding carboxylic acids is 2. The molecule has 0 saturated heterocycles. The maximum absolute atomic E-state index is 14.1. The summed E-state index contributed by atoms with van der Waals surface area (Å²) in [6.45, 7) is 0. The van der Waals surface area contributed by atoms with E-state index in [0.29, 0.717) is 39.7 Å². The van der Waals surface area contributed by atoms with Gasteiger partial charge in [0.25, 0.3) is 0 Å². The van der Waals surface area contributed by atoms with E-state index in [1.165, 1.54) is 14.2 Å². The third-order valence-electron chi connectivity index (χ3n) is 5.42. The van der Waals surface area contributed by atoms with E-state index in [4.69, 9.17) is 37.4 Å². The number of methoxy groups -OCH3 is 3. The first-order chi connectivity index (χ1) is 15.4. The first-order valence-electron chi connectivity index (χ1n) is 9.71. The van der Waals surface area contributed by atoms with Gasteiger partial charge in [-0.2, -0.15) is 0 Å². The smallest absolute Gasteiger partial charge is 0.179 e. The summed E-state index contributed by atoms with van der Waals surface area (Å²) in [4.78, 5) is 26.1. The van der Waals surface area contributed by atoms with Gasteiger partial charge >= 0.3 is 0 Å². The summed E-state index contributed by atoms with van der Waals surface area (Å²) >= 11 is 13.1. The van der Waals surface area contributed by atoms with Crippen molar-refractivity contribution in [3.05, 3.63) is 87.4 Å². The summed E-state index contributed by atoms with van der Waals surface area (Å²) in [6, 6.07) is 16.8. The van der Waals surface area contributed by atoms with E-state index in [1.54, 1.807) is 67.8 Å². The fraction of sp³-hybridized carbons (Fsp3) is 0.200. The second-order valence-electron chi connectivity index (χ2n) is 7.03. The summed E-state index contributed by atoms with van der Waals surface area (Å²) in [5, 5.41) is 0.503. The summed E-state index contributed by atoms with van der Waals surface area (Å²) in [6.07, 6.45) is 0.562. The minimum atomic E-state index is -1.42. The molecule has 0 fully saturated rings. The number of halogens is 2. The number of ketones is 1. The third-order valence-corrected chi connectivity index (χ3v) is 6.04. The molecule has 3 aromatic carbocycles. The Morgan fingerprint density at radius 2 is 1.34 bits per heavy atom. The molecule has 0 spiro atoms. The maximum atomic E-state index is 14.1. The summed E-state index contributed by atoms with van der Waals surface area (Å²) in [5.41, 5.74) is -0.129. The van der Waals surface area contributed by atoms with Crippen LogP contribution in [0.1, 0.15) is 27.9 Å². The molecule has 5 nitrogen and oxygen atoms in total. The standard InChI is InChI=1S/C25H22Cl2O5/c1-30-17-6-4-16(5-7-17)25(12-13-28,21-11-9-19(32-3)15-23(21)27)24(29)20-10-8-18(31-2)14-22(20)26/h4-11,13-15H,12H2,1-3H3. The molecule has 0 N–H and O–H groups in total. The van der Waals surface area contributed by atoms with Crippen molar-refractivity contribution < 1.29 is 23.8 Å². The van der Waals surface area contributed by atoms with Gasteiger partial charge in [-0.25, -0.2) is 0 Å². The molecule has 3 rings (SSSR count). The number of hydrogen-bond donors (Lipinski definition) is 0. The van der Waals surface area contributed by atoms with Crippen LogP contribution in [-0.2, 0) is 10.2 Å². The molecule has 0 saturated carbocycles. The van der Waals surface area contributed by atoms with Gasteiger partial charge in [0.05, 0.1) is 31.8 Å². The molecule has 3 aromatic rings. The average molecular weight is 473 g/mol. The highest BCUT2D eigenvalue weighted by molar-refractivity contribution is 6.35. The molecule has 0 amide bonds. The molecular formula is C25H22Cl2O5. The summed E-state index contributed by atoms with van der Waals surface area (Å²) < 4.78 is 15.7. The lowest BCUT2D eigenvalue weighted by atomic mass is 9.67. The molecule has 0 radical (unpaired) electrons. The lowest BCUT2D eigenvalue weighted by Crippen LogP contribution is -2.38. The van der Waals surface area contributed by atoms with E-state index in [9.17, 15) is 9.59 Å². The van der Waals surface area contributed by atoms with Gasteiger partial charge in [-0.1, -0.05) is 41.4 Å². The van der Waals surface area contributed by atoms with Crippen LogP contribution in [0.4, 0.5) is 0 Å². The highest BCUT2D eigenvalue weighted by atomic mass is 35.5. The second-order valence-corrected chi connectivity index (χ2v) is 7.84. The van der Waals surface area contributed by atoms with Gasteiger partial charge in [-0.15, -0.1) is 0 Å². The molecule has 0 aliphatic heterocycles. The first-order valence-corrected chi connectivity index (χ1v) is 10.5. The first kappa shape index (κ1) is 23.6. The van der Waals surface area contributed by atoms with E-state index < -0.39 is 5.41 Å². The van der Waals surface area contributed by atoms with Crippen LogP contribution in [0.25, 0.3) is 0 Å². The van der Waals surface area contributed by atoms with Crippen LogP contribution in [0.5, 0.6) is 17.2 Å². The molecule has 1 unspecified atom stereocenters. The Morgan fingerprint density at radius 3 is 1.84 bits per heavy atom. The molecule has 0 bridgehead atoms. The Balaban J connectivity index is 2.32. The van der Waals surface area contributed by atoms with Crippen molar-refractivity contribution in [1.29, 1.82) is 0 Å². The minimum absolute atomic E-state index is 0.146. The molecule has 0 aromatic heterocycles. The van der Waals surface area contributed by atoms with Crippen molar-refractivity contribution in [1.82, 2.24) is 0 Å². The van der Waals surface area contributed by atoms with E-state index in [2.05, 4.69) is 0 Å². The number of carbonyl (C=O) groups is 2. The van der Waals surface area contributed by atoms with Crippen LogP contribution >= 0.6 is 23.2 Å². The molecule has 166 valence electrons. The monoisotopic (exact) mass is 472 g/mol. The molecule has 0 aliphatic rings. The summed E-state index contributed by atoms with van der Waals surface area (Å²) in [7, 11) is 4.59. The minimum Gasteiger partial charge on any atom is -0.497 e. The lowest BCUT2D eigenvalue weighted by Gasteiger charge is -2.33. The van der Waals surface area contributed by atoms with Crippen LogP contribution in [-0.4, -0.2) is 33.4 Å². The molecule has 32 heavy (non-hydrogen) atoms. The average Bonchev–Trinajstić information content (AvgIpc) is 2.82. The zero-order valence-electron chi connectivity index (χ0n) is 17.9. The van der Waals surface area contributed by atoms with Crippen LogP contribution in [0.3, 0.4) is 0 Å². The SMILES string of the molecule is COc1ccc(C(CC=O)(C(=O)c2ccc(OC)cc2Cl)c2ccc(OC)cc2Cl)cc1. The Hall–Kier alpha value is -3.02. The number of ether oxygens (including phenoxy) is 3. The molecular weight excluding hydrogens is 451 g/mol. The van der Waals surface area contributed by atoms with Crippen molar-refractivity contribution in [2.45, 2.75) is 11.8 Å². The Morgan fingerprint density at radius 1 is 0.812 bits per heavy atom. The van der Waals surface area contributed by atoms with Crippen LogP contribution in [0.2, 0.25) is 10.0 Å².